The van der Waals surface area contributed by atoms with Gasteiger partial charge in [0.1, 0.15) is 0 Å². The summed E-state index contributed by atoms with van der Waals surface area (Å²) in [5.74, 6) is 0. The van der Waals surface area contributed by atoms with Crippen LogP contribution in [0.5, 0.6) is 0 Å². The van der Waals surface area contributed by atoms with E-state index in [1.54, 1.807) is 7.05 Å². The number of aryl methyl sites for hydroxylation is 2. The van der Waals surface area contributed by atoms with Gasteiger partial charge in [-0.25, -0.2) is 0 Å². The Hall–Kier alpha value is -1.86. The van der Waals surface area contributed by atoms with Crippen LogP contribution in [0.3, 0.4) is 0 Å². The third-order valence-electron chi connectivity index (χ3n) is 3.03. The number of hydrogen-bond acceptors (Lipinski definition) is 5. The van der Waals surface area contributed by atoms with Crippen molar-refractivity contribution >= 4 is 11.8 Å². The van der Waals surface area contributed by atoms with E-state index in [2.05, 4.69) is 16.1 Å². The average Bonchev–Trinajstić information content (AvgIpc) is 2.41. The van der Waals surface area contributed by atoms with Crippen molar-refractivity contribution in [2.45, 2.75) is 30.3 Å². The van der Waals surface area contributed by atoms with Gasteiger partial charge in [0.2, 0.25) is 0 Å². The van der Waals surface area contributed by atoms with Crippen LogP contribution in [0.25, 0.3) is 0 Å². The second-order valence-electron chi connectivity index (χ2n) is 5.01. The number of aromatic nitrogens is 3. The van der Waals surface area contributed by atoms with E-state index in [0.29, 0.717) is 5.16 Å². The number of nitrogens with two attached hydrogens (primary N) is 1. The Kier molecular flexibility index (Phi) is 4.64. The van der Waals surface area contributed by atoms with Crippen LogP contribution in [-0.4, -0.2) is 20.8 Å². The van der Waals surface area contributed by atoms with Crippen molar-refractivity contribution in [1.82, 2.24) is 14.8 Å². The summed E-state index contributed by atoms with van der Waals surface area (Å²) in [4.78, 5) is 26.5. The molecule has 3 N–H and O–H groups in total. The van der Waals surface area contributed by atoms with Crippen molar-refractivity contribution in [3.8, 4) is 0 Å². The van der Waals surface area contributed by atoms with Crippen LogP contribution >= 0.6 is 11.8 Å². The van der Waals surface area contributed by atoms with Crippen LogP contribution < -0.4 is 16.9 Å². The fourth-order valence-electron chi connectivity index (χ4n) is 2.01. The molecule has 0 amide bonds. The summed E-state index contributed by atoms with van der Waals surface area (Å²) >= 11 is 1.36. The summed E-state index contributed by atoms with van der Waals surface area (Å²) < 4.78 is 1.44. The second-order valence-corrected chi connectivity index (χ2v) is 6.12. The Bertz CT molecular complexity index is 751. The molecule has 1 heterocycles. The molecule has 0 saturated heterocycles. The largest absolute Gasteiger partial charge is 0.339 e. The molecule has 2 aromatic rings. The minimum absolute atomic E-state index is 0.0612. The molecule has 0 aliphatic rings. The number of rotatable bonds is 4. The molecule has 112 valence electrons. The van der Waals surface area contributed by atoms with E-state index in [9.17, 15) is 9.59 Å². The van der Waals surface area contributed by atoms with Crippen LogP contribution in [0.15, 0.2) is 39.0 Å². The number of H-pyrrole nitrogens is 1. The number of nitrogens with one attached hydrogen (secondary N) is 1. The van der Waals surface area contributed by atoms with Crippen molar-refractivity contribution < 1.29 is 0 Å². The zero-order chi connectivity index (χ0) is 15.6. The van der Waals surface area contributed by atoms with Gasteiger partial charge in [-0.2, -0.15) is 4.98 Å². The third-order valence-corrected chi connectivity index (χ3v) is 4.56. The van der Waals surface area contributed by atoms with Gasteiger partial charge in [0.25, 0.3) is 0 Å². The fourth-order valence-corrected chi connectivity index (χ4v) is 3.07. The molecule has 1 aromatic heterocycles. The average molecular weight is 306 g/mol. The number of hydrogen-bond donors (Lipinski definition) is 2. The molecule has 0 spiro atoms. The van der Waals surface area contributed by atoms with E-state index >= 15 is 0 Å². The van der Waals surface area contributed by atoms with Gasteiger partial charge in [-0.15, -0.1) is 0 Å². The Labute approximate surface area is 126 Å². The van der Waals surface area contributed by atoms with Crippen molar-refractivity contribution in [2.75, 3.05) is 0 Å². The van der Waals surface area contributed by atoms with Crippen LogP contribution in [-0.2, 0) is 7.05 Å². The van der Waals surface area contributed by atoms with Crippen LogP contribution in [0, 0.1) is 6.92 Å². The highest BCUT2D eigenvalue weighted by atomic mass is 32.2. The van der Waals surface area contributed by atoms with Gasteiger partial charge in [-0.05, 0) is 19.4 Å². The Morgan fingerprint density at radius 2 is 2.10 bits per heavy atom. The summed E-state index contributed by atoms with van der Waals surface area (Å²) in [7, 11) is 1.64. The van der Waals surface area contributed by atoms with E-state index in [4.69, 9.17) is 5.73 Å². The monoisotopic (exact) mass is 306 g/mol. The second kappa shape index (κ2) is 6.28. The van der Waals surface area contributed by atoms with Crippen molar-refractivity contribution in [3.63, 3.8) is 0 Å². The lowest BCUT2D eigenvalue weighted by Gasteiger charge is -2.21. The highest BCUT2D eigenvalue weighted by molar-refractivity contribution is 7.99. The zero-order valence-electron chi connectivity index (χ0n) is 12.2. The third kappa shape index (κ3) is 3.62. The number of benzene rings is 1. The normalized spacial score (nSPS) is 13.9. The summed E-state index contributed by atoms with van der Waals surface area (Å²) in [5.41, 5.74) is 6.77. The fraction of sp³-hybridized carbons (Fsp3) is 0.357. The number of thioether (sulfide) groups is 1. The van der Waals surface area contributed by atoms with Gasteiger partial charge < -0.3 is 5.73 Å². The first-order chi connectivity index (χ1) is 9.88. The minimum atomic E-state index is -0.789. The maximum atomic E-state index is 11.4. The quantitative estimate of drug-likeness (QED) is 0.648. The van der Waals surface area contributed by atoms with E-state index in [0.717, 1.165) is 11.1 Å². The first kappa shape index (κ1) is 15.5. The lowest BCUT2D eigenvalue weighted by atomic mass is 10.0. The van der Waals surface area contributed by atoms with Crippen molar-refractivity contribution in [3.05, 3.63) is 56.1 Å². The van der Waals surface area contributed by atoms with E-state index in [-0.39, 0.29) is 11.3 Å². The number of aromatic amines is 1. The Morgan fingerprint density at radius 1 is 1.38 bits per heavy atom. The molecule has 2 atom stereocenters. The molecular formula is C14H18N4O2S. The SMILES string of the molecule is Cc1cccc(C(Sc2nc(=O)c(=O)[nH]n2C)C(C)N)c1. The summed E-state index contributed by atoms with van der Waals surface area (Å²) in [5, 5.41) is 2.81. The molecule has 0 aliphatic carbocycles. The lowest BCUT2D eigenvalue weighted by molar-refractivity contribution is 0.592. The van der Waals surface area contributed by atoms with Crippen LogP contribution in [0.4, 0.5) is 0 Å². The molecule has 0 radical (unpaired) electrons. The highest BCUT2D eigenvalue weighted by Crippen LogP contribution is 2.35. The Balaban J connectivity index is 2.40. The molecule has 2 unspecified atom stereocenters. The first-order valence-electron chi connectivity index (χ1n) is 6.54. The van der Waals surface area contributed by atoms with Gasteiger partial charge >= 0.3 is 11.1 Å². The summed E-state index contributed by atoms with van der Waals surface area (Å²) in [6, 6.07) is 7.91. The first-order valence-corrected chi connectivity index (χ1v) is 7.42. The van der Waals surface area contributed by atoms with Gasteiger partial charge in [0.05, 0.1) is 5.25 Å². The zero-order valence-corrected chi connectivity index (χ0v) is 13.0. The lowest BCUT2D eigenvalue weighted by Crippen LogP contribution is -2.34. The molecule has 1 aromatic carbocycles. The van der Waals surface area contributed by atoms with E-state index in [1.807, 2.05) is 32.0 Å². The maximum absolute atomic E-state index is 11.4. The smallest absolute Gasteiger partial charge is 0.327 e. The molecule has 6 nitrogen and oxygen atoms in total. The predicted octanol–water partition coefficient (Wildman–Crippen LogP) is 0.958. The molecule has 0 saturated carbocycles. The molecule has 0 fully saturated rings. The van der Waals surface area contributed by atoms with E-state index in [1.165, 1.54) is 16.4 Å². The summed E-state index contributed by atoms with van der Waals surface area (Å²) in [6.07, 6.45) is 0. The van der Waals surface area contributed by atoms with Crippen molar-refractivity contribution in [1.29, 1.82) is 0 Å². The highest BCUT2D eigenvalue weighted by Gasteiger charge is 2.20. The van der Waals surface area contributed by atoms with Crippen molar-refractivity contribution in [2.24, 2.45) is 12.8 Å². The van der Waals surface area contributed by atoms with E-state index < -0.39 is 11.1 Å². The number of nitrogens with zero attached hydrogens (tertiary/aromatic N) is 2. The van der Waals surface area contributed by atoms with Gasteiger partial charge in [-0.3, -0.25) is 19.4 Å². The van der Waals surface area contributed by atoms with Crippen LogP contribution in [0.1, 0.15) is 23.3 Å². The maximum Gasteiger partial charge on any atom is 0.339 e. The molecule has 21 heavy (non-hydrogen) atoms. The molecule has 0 aliphatic heterocycles. The van der Waals surface area contributed by atoms with Gasteiger partial charge in [0.15, 0.2) is 5.16 Å². The minimum Gasteiger partial charge on any atom is -0.327 e. The molecule has 0 bridgehead atoms. The van der Waals surface area contributed by atoms with Gasteiger partial charge in [-0.1, -0.05) is 41.6 Å². The topological polar surface area (TPSA) is 93.8 Å². The standard InChI is InChI=1S/C14H18N4O2S/c1-8-5-4-6-10(7-8)11(9(2)15)21-14-16-12(19)13(20)17-18(14)3/h4-7,9,11H,15H2,1-3H3,(H,17,20). The molecular weight excluding hydrogens is 288 g/mol. The molecule has 2 rings (SSSR count). The van der Waals surface area contributed by atoms with Crippen LogP contribution in [0.2, 0.25) is 0 Å². The Morgan fingerprint density at radius 3 is 2.71 bits per heavy atom. The summed E-state index contributed by atoms with van der Waals surface area (Å²) in [6.45, 7) is 3.92. The predicted molar refractivity (Wildman–Crippen MR) is 83.5 cm³/mol. The molecule has 7 heteroatoms. The van der Waals surface area contributed by atoms with Gasteiger partial charge in [0, 0.05) is 13.1 Å².